The summed E-state index contributed by atoms with van der Waals surface area (Å²) < 4.78 is 2.69. The van der Waals surface area contributed by atoms with E-state index in [1.807, 2.05) is 41.8 Å². The SMILES string of the molecule is CCn1cncc1-c1nc(N)c(Br)c(-c2ccccc2)n1. The molecule has 0 bridgehead atoms. The van der Waals surface area contributed by atoms with E-state index in [1.165, 1.54) is 0 Å². The number of aryl methyl sites for hydroxylation is 1. The van der Waals surface area contributed by atoms with Crippen LogP contribution in [0.5, 0.6) is 0 Å². The zero-order valence-electron chi connectivity index (χ0n) is 11.5. The van der Waals surface area contributed by atoms with Gasteiger partial charge in [-0.3, -0.25) is 0 Å². The Labute approximate surface area is 131 Å². The third-order valence-corrected chi connectivity index (χ3v) is 3.99. The monoisotopic (exact) mass is 343 g/mol. The molecule has 6 heteroatoms. The minimum absolute atomic E-state index is 0.419. The fourth-order valence-corrected chi connectivity index (χ4v) is 2.53. The lowest BCUT2D eigenvalue weighted by molar-refractivity contribution is 0.764. The molecule has 0 aliphatic heterocycles. The van der Waals surface area contributed by atoms with Crippen LogP contribution in [0.25, 0.3) is 22.8 Å². The first-order chi connectivity index (χ1) is 10.2. The predicted molar refractivity (Wildman–Crippen MR) is 86.5 cm³/mol. The fourth-order valence-electron chi connectivity index (χ4n) is 2.13. The number of rotatable bonds is 3. The average molecular weight is 344 g/mol. The van der Waals surface area contributed by atoms with Crippen LogP contribution in [0.2, 0.25) is 0 Å². The molecule has 0 aliphatic rings. The van der Waals surface area contributed by atoms with Gasteiger partial charge >= 0.3 is 0 Å². The Morgan fingerprint density at radius 3 is 2.67 bits per heavy atom. The van der Waals surface area contributed by atoms with Crippen LogP contribution in [0.15, 0.2) is 47.3 Å². The number of halogens is 1. The molecule has 2 N–H and O–H groups in total. The molecule has 2 aromatic heterocycles. The van der Waals surface area contributed by atoms with Gasteiger partial charge in [0.05, 0.1) is 22.7 Å². The van der Waals surface area contributed by atoms with Crippen molar-refractivity contribution in [1.82, 2.24) is 19.5 Å². The molecule has 0 saturated carbocycles. The maximum atomic E-state index is 6.03. The largest absolute Gasteiger partial charge is 0.383 e. The molecule has 3 aromatic rings. The Morgan fingerprint density at radius 2 is 1.95 bits per heavy atom. The minimum Gasteiger partial charge on any atom is -0.383 e. The smallest absolute Gasteiger partial charge is 0.180 e. The lowest BCUT2D eigenvalue weighted by atomic mass is 10.1. The normalized spacial score (nSPS) is 10.8. The summed E-state index contributed by atoms with van der Waals surface area (Å²) in [6.07, 6.45) is 3.51. The van der Waals surface area contributed by atoms with Crippen molar-refractivity contribution in [2.45, 2.75) is 13.5 Å². The van der Waals surface area contributed by atoms with Crippen LogP contribution in [-0.2, 0) is 6.54 Å². The molecule has 0 unspecified atom stereocenters. The second-order valence-corrected chi connectivity index (χ2v) is 5.32. The summed E-state index contributed by atoms with van der Waals surface area (Å²) in [7, 11) is 0. The van der Waals surface area contributed by atoms with Gasteiger partial charge in [0.25, 0.3) is 0 Å². The van der Waals surface area contributed by atoms with Gasteiger partial charge in [0.2, 0.25) is 0 Å². The van der Waals surface area contributed by atoms with Gasteiger partial charge in [-0.15, -0.1) is 0 Å². The van der Waals surface area contributed by atoms with Gasteiger partial charge in [-0.05, 0) is 22.9 Å². The minimum atomic E-state index is 0.419. The number of hydrogen-bond acceptors (Lipinski definition) is 4. The Hall–Kier alpha value is -2.21. The number of hydrogen-bond donors (Lipinski definition) is 1. The van der Waals surface area contributed by atoms with E-state index in [0.717, 1.165) is 23.5 Å². The molecule has 5 nitrogen and oxygen atoms in total. The quantitative estimate of drug-likeness (QED) is 0.791. The van der Waals surface area contributed by atoms with Crippen LogP contribution in [0.4, 0.5) is 5.82 Å². The molecule has 106 valence electrons. The van der Waals surface area contributed by atoms with Crippen molar-refractivity contribution in [3.05, 3.63) is 47.3 Å². The zero-order chi connectivity index (χ0) is 14.8. The third kappa shape index (κ3) is 2.54. The summed E-state index contributed by atoms with van der Waals surface area (Å²) in [6, 6.07) is 9.89. The van der Waals surface area contributed by atoms with Crippen molar-refractivity contribution < 1.29 is 0 Å². The summed E-state index contributed by atoms with van der Waals surface area (Å²) >= 11 is 3.48. The highest BCUT2D eigenvalue weighted by Gasteiger charge is 2.15. The summed E-state index contributed by atoms with van der Waals surface area (Å²) in [6.45, 7) is 2.85. The van der Waals surface area contributed by atoms with Gasteiger partial charge in [-0.25, -0.2) is 15.0 Å². The highest BCUT2D eigenvalue weighted by molar-refractivity contribution is 9.10. The maximum Gasteiger partial charge on any atom is 0.180 e. The number of imidazole rings is 1. The van der Waals surface area contributed by atoms with E-state index in [0.29, 0.717) is 16.1 Å². The van der Waals surface area contributed by atoms with Crippen LogP contribution in [-0.4, -0.2) is 19.5 Å². The predicted octanol–water partition coefficient (Wildman–Crippen LogP) is 3.37. The first-order valence-electron chi connectivity index (χ1n) is 6.59. The average Bonchev–Trinajstić information content (AvgIpc) is 2.99. The Bertz CT molecular complexity index is 767. The van der Waals surface area contributed by atoms with Gasteiger partial charge < -0.3 is 10.3 Å². The van der Waals surface area contributed by atoms with Crippen molar-refractivity contribution >= 4 is 21.7 Å². The van der Waals surface area contributed by atoms with Crippen LogP contribution in [0.1, 0.15) is 6.92 Å². The van der Waals surface area contributed by atoms with E-state index < -0.39 is 0 Å². The summed E-state index contributed by atoms with van der Waals surface area (Å²) in [4.78, 5) is 13.2. The topological polar surface area (TPSA) is 69.6 Å². The molecular formula is C15H14BrN5. The molecule has 1 aromatic carbocycles. The Kier molecular flexibility index (Phi) is 3.70. The lowest BCUT2D eigenvalue weighted by Crippen LogP contribution is -2.03. The Morgan fingerprint density at radius 1 is 1.19 bits per heavy atom. The standard InChI is InChI=1S/C15H14BrN5/c1-2-21-9-18-8-11(21)15-19-13(12(16)14(17)20-15)10-6-4-3-5-7-10/h3-9H,2H2,1H3,(H2,17,19,20). The Balaban J connectivity index is 2.19. The molecule has 0 aliphatic carbocycles. The third-order valence-electron chi connectivity index (χ3n) is 3.21. The molecule has 0 amide bonds. The molecule has 0 fully saturated rings. The summed E-state index contributed by atoms with van der Waals surface area (Å²) in [5, 5.41) is 0. The zero-order valence-corrected chi connectivity index (χ0v) is 13.1. The number of benzene rings is 1. The van der Waals surface area contributed by atoms with Gasteiger partial charge in [0.1, 0.15) is 11.5 Å². The highest BCUT2D eigenvalue weighted by Crippen LogP contribution is 2.32. The van der Waals surface area contributed by atoms with Crippen LogP contribution >= 0.6 is 15.9 Å². The second-order valence-electron chi connectivity index (χ2n) is 4.53. The van der Waals surface area contributed by atoms with Crippen molar-refractivity contribution in [3.8, 4) is 22.8 Å². The first kappa shape index (κ1) is 13.8. The molecular weight excluding hydrogens is 330 g/mol. The number of aromatic nitrogens is 4. The highest BCUT2D eigenvalue weighted by atomic mass is 79.9. The van der Waals surface area contributed by atoms with Crippen LogP contribution < -0.4 is 5.73 Å². The van der Waals surface area contributed by atoms with Gasteiger partial charge in [0.15, 0.2) is 5.82 Å². The summed E-state index contributed by atoms with van der Waals surface area (Å²) in [5.74, 6) is 0.997. The number of nitrogens with zero attached hydrogens (tertiary/aromatic N) is 4. The van der Waals surface area contributed by atoms with Crippen molar-refractivity contribution in [1.29, 1.82) is 0 Å². The molecule has 0 radical (unpaired) electrons. The van der Waals surface area contributed by atoms with E-state index in [-0.39, 0.29) is 0 Å². The van der Waals surface area contributed by atoms with Gasteiger partial charge in [-0.1, -0.05) is 30.3 Å². The number of nitrogen functional groups attached to an aromatic ring is 1. The van der Waals surface area contributed by atoms with Gasteiger partial charge in [0, 0.05) is 12.1 Å². The van der Waals surface area contributed by atoms with E-state index in [9.17, 15) is 0 Å². The molecule has 2 heterocycles. The van der Waals surface area contributed by atoms with Crippen molar-refractivity contribution in [2.24, 2.45) is 0 Å². The fraction of sp³-hybridized carbons (Fsp3) is 0.133. The van der Waals surface area contributed by atoms with Gasteiger partial charge in [-0.2, -0.15) is 0 Å². The van der Waals surface area contributed by atoms with Crippen LogP contribution in [0, 0.1) is 0 Å². The van der Waals surface area contributed by atoms with Crippen molar-refractivity contribution in [2.75, 3.05) is 5.73 Å². The number of anilines is 1. The molecule has 21 heavy (non-hydrogen) atoms. The first-order valence-corrected chi connectivity index (χ1v) is 7.39. The van der Waals surface area contributed by atoms with E-state index >= 15 is 0 Å². The maximum absolute atomic E-state index is 6.03. The lowest BCUT2D eigenvalue weighted by Gasteiger charge is -2.10. The number of nitrogens with two attached hydrogens (primary N) is 1. The summed E-state index contributed by atoms with van der Waals surface area (Å²) in [5.41, 5.74) is 8.65. The van der Waals surface area contributed by atoms with Crippen LogP contribution in [0.3, 0.4) is 0 Å². The molecule has 0 saturated heterocycles. The molecule has 0 atom stereocenters. The van der Waals surface area contributed by atoms with Crippen molar-refractivity contribution in [3.63, 3.8) is 0 Å². The molecule has 3 rings (SSSR count). The van der Waals surface area contributed by atoms with E-state index in [2.05, 4.69) is 30.9 Å². The van der Waals surface area contributed by atoms with E-state index in [4.69, 9.17) is 5.73 Å². The molecule has 0 spiro atoms. The second kappa shape index (κ2) is 5.65. The van der Waals surface area contributed by atoms with E-state index in [1.54, 1.807) is 12.5 Å².